The number of hydrogen-bond donors (Lipinski definition) is 0. The molecule has 0 bridgehead atoms. The van der Waals surface area contributed by atoms with E-state index in [0.29, 0.717) is 23.7 Å². The molecule has 1 aliphatic carbocycles. The van der Waals surface area contributed by atoms with Crippen molar-refractivity contribution in [1.29, 1.82) is 0 Å². The lowest BCUT2D eigenvalue weighted by atomic mass is 9.97. The van der Waals surface area contributed by atoms with E-state index in [1.807, 2.05) is 43.3 Å². The van der Waals surface area contributed by atoms with E-state index in [4.69, 9.17) is 18.9 Å². The van der Waals surface area contributed by atoms with Crippen LogP contribution in [-0.2, 0) is 14.2 Å². The molecule has 0 aromatic heterocycles. The van der Waals surface area contributed by atoms with E-state index in [-0.39, 0.29) is 0 Å². The molecule has 1 unspecified atom stereocenters. The summed E-state index contributed by atoms with van der Waals surface area (Å²) in [6.45, 7) is 2.01. The molecule has 0 N–H and O–H groups in total. The van der Waals surface area contributed by atoms with Crippen LogP contribution in [0.3, 0.4) is 0 Å². The highest BCUT2D eigenvalue weighted by Gasteiger charge is 2.44. The Morgan fingerprint density at radius 1 is 1.00 bits per heavy atom. The van der Waals surface area contributed by atoms with Gasteiger partial charge in [-0.2, -0.15) is 0 Å². The average molecular weight is 276 g/mol. The van der Waals surface area contributed by atoms with Crippen LogP contribution >= 0.6 is 0 Å². The molecular weight excluding hydrogens is 256 g/mol. The molecule has 2 rings (SSSR count). The van der Waals surface area contributed by atoms with Crippen molar-refractivity contribution in [3.05, 3.63) is 53.5 Å². The average Bonchev–Trinajstić information content (AvgIpc) is 2.47. The Bertz CT molecular complexity index is 519. The fraction of sp³-hybridized carbons (Fsp3) is 0.375. The SMILES string of the molecule is COC1=C(OC)C(OC)(Oc2ccccc2)CC(C)=C1. The van der Waals surface area contributed by atoms with Crippen LogP contribution in [0, 0.1) is 0 Å². The lowest BCUT2D eigenvalue weighted by Gasteiger charge is -2.37. The first kappa shape index (κ1) is 14.5. The normalized spacial score (nSPS) is 22.3. The summed E-state index contributed by atoms with van der Waals surface area (Å²) in [6.07, 6.45) is 2.51. The van der Waals surface area contributed by atoms with Gasteiger partial charge in [0.1, 0.15) is 5.75 Å². The summed E-state index contributed by atoms with van der Waals surface area (Å²) in [4.78, 5) is 0. The molecule has 0 saturated carbocycles. The van der Waals surface area contributed by atoms with Crippen LogP contribution < -0.4 is 4.74 Å². The van der Waals surface area contributed by atoms with Gasteiger partial charge in [-0.1, -0.05) is 23.8 Å². The van der Waals surface area contributed by atoms with Gasteiger partial charge in [0.2, 0.25) is 5.76 Å². The van der Waals surface area contributed by atoms with E-state index < -0.39 is 5.79 Å². The third kappa shape index (κ3) is 2.65. The molecule has 1 aromatic rings. The molecule has 0 radical (unpaired) electrons. The number of para-hydroxylation sites is 1. The minimum atomic E-state index is -1.000. The highest BCUT2D eigenvalue weighted by Crippen LogP contribution is 2.38. The number of allylic oxidation sites excluding steroid dienone is 1. The first-order valence-electron chi connectivity index (χ1n) is 6.44. The molecule has 0 spiro atoms. The molecule has 0 saturated heterocycles. The molecule has 4 heteroatoms. The molecule has 0 heterocycles. The summed E-state index contributed by atoms with van der Waals surface area (Å²) in [5, 5.41) is 0. The molecule has 1 aliphatic rings. The molecular formula is C16H20O4. The van der Waals surface area contributed by atoms with Crippen molar-refractivity contribution >= 4 is 0 Å². The topological polar surface area (TPSA) is 36.9 Å². The summed E-state index contributed by atoms with van der Waals surface area (Å²) >= 11 is 0. The van der Waals surface area contributed by atoms with Crippen LogP contribution in [0.4, 0.5) is 0 Å². The van der Waals surface area contributed by atoms with Crippen LogP contribution in [-0.4, -0.2) is 27.1 Å². The van der Waals surface area contributed by atoms with Crippen molar-refractivity contribution in [1.82, 2.24) is 0 Å². The van der Waals surface area contributed by atoms with Gasteiger partial charge < -0.3 is 18.9 Å². The third-order valence-corrected chi connectivity index (χ3v) is 3.24. The summed E-state index contributed by atoms with van der Waals surface area (Å²) in [5.74, 6) is 0.875. The molecule has 108 valence electrons. The van der Waals surface area contributed by atoms with Crippen molar-refractivity contribution in [2.24, 2.45) is 0 Å². The minimum absolute atomic E-state index is 0.539. The maximum atomic E-state index is 6.07. The number of benzene rings is 1. The Balaban J connectivity index is 2.43. The highest BCUT2D eigenvalue weighted by molar-refractivity contribution is 5.34. The Morgan fingerprint density at radius 2 is 1.70 bits per heavy atom. The lowest BCUT2D eigenvalue weighted by molar-refractivity contribution is -0.163. The van der Waals surface area contributed by atoms with Gasteiger partial charge in [0, 0.05) is 13.5 Å². The molecule has 0 amide bonds. The highest BCUT2D eigenvalue weighted by atomic mass is 16.7. The van der Waals surface area contributed by atoms with Gasteiger partial charge in [0.05, 0.1) is 14.2 Å². The first-order chi connectivity index (χ1) is 9.65. The predicted octanol–water partition coefficient (Wildman–Crippen LogP) is 3.26. The van der Waals surface area contributed by atoms with Gasteiger partial charge in [-0.3, -0.25) is 0 Å². The maximum Gasteiger partial charge on any atom is 0.276 e. The van der Waals surface area contributed by atoms with Crippen LogP contribution in [0.15, 0.2) is 53.5 Å². The van der Waals surface area contributed by atoms with E-state index in [9.17, 15) is 0 Å². The van der Waals surface area contributed by atoms with E-state index >= 15 is 0 Å². The fourth-order valence-electron chi connectivity index (χ4n) is 2.35. The Labute approximate surface area is 119 Å². The van der Waals surface area contributed by atoms with Gasteiger partial charge in [-0.25, -0.2) is 0 Å². The zero-order valence-corrected chi connectivity index (χ0v) is 12.3. The summed E-state index contributed by atoms with van der Waals surface area (Å²) in [7, 11) is 4.80. The monoisotopic (exact) mass is 276 g/mol. The number of rotatable bonds is 5. The number of hydrogen-bond acceptors (Lipinski definition) is 4. The fourth-order valence-corrected chi connectivity index (χ4v) is 2.35. The van der Waals surface area contributed by atoms with E-state index in [1.165, 1.54) is 0 Å². The van der Waals surface area contributed by atoms with Crippen LogP contribution in [0.25, 0.3) is 0 Å². The minimum Gasteiger partial charge on any atom is -0.493 e. The molecule has 4 nitrogen and oxygen atoms in total. The van der Waals surface area contributed by atoms with Crippen molar-refractivity contribution in [3.8, 4) is 5.75 Å². The molecule has 20 heavy (non-hydrogen) atoms. The van der Waals surface area contributed by atoms with E-state index in [2.05, 4.69) is 0 Å². The molecule has 0 aliphatic heterocycles. The van der Waals surface area contributed by atoms with Crippen molar-refractivity contribution in [2.75, 3.05) is 21.3 Å². The van der Waals surface area contributed by atoms with Crippen molar-refractivity contribution in [3.63, 3.8) is 0 Å². The van der Waals surface area contributed by atoms with Crippen molar-refractivity contribution in [2.45, 2.75) is 19.1 Å². The van der Waals surface area contributed by atoms with E-state index in [0.717, 1.165) is 5.57 Å². The standard InChI is InChI=1S/C16H20O4/c1-12-10-14(17-2)15(18-3)16(11-12,19-4)20-13-8-6-5-7-9-13/h5-10H,11H2,1-4H3. The quantitative estimate of drug-likeness (QED) is 0.773. The number of ether oxygens (including phenoxy) is 4. The number of methoxy groups -OCH3 is 3. The lowest BCUT2D eigenvalue weighted by Crippen LogP contribution is -2.43. The van der Waals surface area contributed by atoms with E-state index in [1.54, 1.807) is 21.3 Å². The van der Waals surface area contributed by atoms with Crippen LogP contribution in [0.1, 0.15) is 13.3 Å². The Kier molecular flexibility index (Phi) is 4.35. The first-order valence-corrected chi connectivity index (χ1v) is 6.44. The van der Waals surface area contributed by atoms with Crippen LogP contribution in [0.5, 0.6) is 5.75 Å². The smallest absolute Gasteiger partial charge is 0.276 e. The summed E-state index contributed by atoms with van der Waals surface area (Å²) in [6, 6.07) is 9.53. The third-order valence-electron chi connectivity index (χ3n) is 3.24. The molecule has 1 aromatic carbocycles. The van der Waals surface area contributed by atoms with Crippen molar-refractivity contribution < 1.29 is 18.9 Å². The summed E-state index contributed by atoms with van der Waals surface area (Å²) in [5.41, 5.74) is 1.10. The molecule has 1 atom stereocenters. The van der Waals surface area contributed by atoms with Gasteiger partial charge in [-0.05, 0) is 25.1 Å². The zero-order chi connectivity index (χ0) is 14.6. The van der Waals surface area contributed by atoms with Gasteiger partial charge in [0.15, 0.2) is 5.76 Å². The summed E-state index contributed by atoms with van der Waals surface area (Å²) < 4.78 is 22.6. The van der Waals surface area contributed by atoms with Gasteiger partial charge in [-0.15, -0.1) is 0 Å². The zero-order valence-electron chi connectivity index (χ0n) is 12.3. The van der Waals surface area contributed by atoms with Crippen LogP contribution in [0.2, 0.25) is 0 Å². The predicted molar refractivity (Wildman–Crippen MR) is 76.2 cm³/mol. The second-order valence-electron chi connectivity index (χ2n) is 4.64. The second-order valence-corrected chi connectivity index (χ2v) is 4.64. The second kappa shape index (κ2) is 6.01. The largest absolute Gasteiger partial charge is 0.493 e. The van der Waals surface area contributed by atoms with Gasteiger partial charge in [0.25, 0.3) is 5.79 Å². The van der Waals surface area contributed by atoms with Gasteiger partial charge >= 0.3 is 0 Å². The Morgan fingerprint density at radius 3 is 2.25 bits per heavy atom. The molecule has 0 fully saturated rings. The Hall–Kier alpha value is -1.94. The maximum absolute atomic E-state index is 6.07.